The van der Waals surface area contributed by atoms with E-state index in [2.05, 4.69) is 0 Å². The molecule has 1 heterocycles. The van der Waals surface area contributed by atoms with Gasteiger partial charge in [0.1, 0.15) is 0 Å². The fourth-order valence-corrected chi connectivity index (χ4v) is 2.02. The number of hydrogen-bond acceptors (Lipinski definition) is 2. The summed E-state index contributed by atoms with van der Waals surface area (Å²) in [5, 5.41) is 9.79. The second kappa shape index (κ2) is 3.66. The number of aliphatic hydroxyl groups is 1. The van der Waals surface area contributed by atoms with Crippen LogP contribution in [0.2, 0.25) is 0 Å². The van der Waals surface area contributed by atoms with Crippen LogP contribution in [-0.4, -0.2) is 35.6 Å². The third-order valence-corrected chi connectivity index (χ3v) is 2.92. The number of aryl methyl sites for hydroxylation is 1. The lowest BCUT2D eigenvalue weighted by Crippen LogP contribution is -2.21. The van der Waals surface area contributed by atoms with Crippen molar-refractivity contribution in [2.24, 2.45) is 0 Å². The molecule has 3 nitrogen and oxygen atoms in total. The first-order valence-electron chi connectivity index (χ1n) is 5.09. The summed E-state index contributed by atoms with van der Waals surface area (Å²) in [5.41, 5.74) is 2.06. The van der Waals surface area contributed by atoms with Gasteiger partial charge in [0.15, 0.2) is 0 Å². The number of carbonyl (C=O) groups is 1. The van der Waals surface area contributed by atoms with Gasteiger partial charge in [-0.25, -0.2) is 0 Å². The van der Waals surface area contributed by atoms with Crippen LogP contribution in [0.1, 0.15) is 17.0 Å². The summed E-state index contributed by atoms with van der Waals surface area (Å²) in [5.74, 6) is -0.373. The third kappa shape index (κ3) is 1.75. The Bertz CT molecular complexity index is 372. The number of aliphatic hydroxyl groups excluding tert-OH is 1. The maximum atomic E-state index is 11.8. The minimum Gasteiger partial charge on any atom is -0.390 e. The van der Waals surface area contributed by atoms with E-state index in [1.165, 1.54) is 0 Å². The zero-order valence-corrected chi connectivity index (χ0v) is 8.97. The minimum atomic E-state index is -0.579. The van der Waals surface area contributed by atoms with Gasteiger partial charge in [-0.05, 0) is 12.5 Å². The molecule has 15 heavy (non-hydrogen) atoms. The SMILES string of the molecule is Cc1ccc(C2C(=O)N(C)CC2O)cc1. The number of benzene rings is 1. The molecule has 1 saturated heterocycles. The van der Waals surface area contributed by atoms with Gasteiger partial charge in [-0.2, -0.15) is 0 Å². The van der Waals surface area contributed by atoms with Crippen LogP contribution in [0, 0.1) is 6.92 Å². The number of β-amino-alcohol motifs (C(OH)–C–C–N with tert-alkyl or cyclic N) is 1. The molecule has 0 radical (unpaired) electrons. The van der Waals surface area contributed by atoms with E-state index in [9.17, 15) is 9.90 Å². The second-order valence-electron chi connectivity index (χ2n) is 4.17. The molecule has 0 bridgehead atoms. The molecule has 3 heteroatoms. The summed E-state index contributed by atoms with van der Waals surface area (Å²) >= 11 is 0. The van der Waals surface area contributed by atoms with Crippen LogP contribution in [-0.2, 0) is 4.79 Å². The topological polar surface area (TPSA) is 40.5 Å². The molecule has 1 aromatic carbocycles. The van der Waals surface area contributed by atoms with Crippen LogP contribution < -0.4 is 0 Å². The quantitative estimate of drug-likeness (QED) is 0.740. The Morgan fingerprint density at radius 1 is 1.33 bits per heavy atom. The molecule has 0 spiro atoms. The largest absolute Gasteiger partial charge is 0.390 e. The van der Waals surface area contributed by atoms with Gasteiger partial charge < -0.3 is 10.0 Å². The van der Waals surface area contributed by atoms with Gasteiger partial charge in [-0.3, -0.25) is 4.79 Å². The van der Waals surface area contributed by atoms with Gasteiger partial charge in [0.2, 0.25) is 5.91 Å². The van der Waals surface area contributed by atoms with Crippen molar-refractivity contribution >= 4 is 5.91 Å². The Morgan fingerprint density at radius 3 is 2.40 bits per heavy atom. The van der Waals surface area contributed by atoms with Crippen molar-refractivity contribution in [3.63, 3.8) is 0 Å². The number of carbonyl (C=O) groups excluding carboxylic acids is 1. The third-order valence-electron chi connectivity index (χ3n) is 2.92. The van der Waals surface area contributed by atoms with E-state index < -0.39 is 6.10 Å². The van der Waals surface area contributed by atoms with E-state index in [4.69, 9.17) is 0 Å². The number of rotatable bonds is 1. The average Bonchev–Trinajstić information content (AvgIpc) is 2.44. The van der Waals surface area contributed by atoms with Crippen LogP contribution in [0.3, 0.4) is 0 Å². The summed E-state index contributed by atoms with van der Waals surface area (Å²) in [6.45, 7) is 2.43. The Kier molecular flexibility index (Phi) is 2.49. The number of amides is 1. The van der Waals surface area contributed by atoms with Crippen molar-refractivity contribution < 1.29 is 9.90 Å². The lowest BCUT2D eigenvalue weighted by molar-refractivity contribution is -0.128. The predicted octanol–water partition coefficient (Wildman–Crippen LogP) is 0.912. The van der Waals surface area contributed by atoms with E-state index in [0.29, 0.717) is 6.54 Å². The molecule has 0 saturated carbocycles. The molecule has 1 amide bonds. The van der Waals surface area contributed by atoms with Gasteiger partial charge in [0, 0.05) is 13.6 Å². The highest BCUT2D eigenvalue weighted by Crippen LogP contribution is 2.28. The highest BCUT2D eigenvalue weighted by atomic mass is 16.3. The van der Waals surface area contributed by atoms with Crippen molar-refractivity contribution in [1.82, 2.24) is 4.90 Å². The van der Waals surface area contributed by atoms with Crippen LogP contribution in [0.15, 0.2) is 24.3 Å². The fraction of sp³-hybridized carbons (Fsp3) is 0.417. The summed E-state index contributed by atoms with van der Waals surface area (Å²) < 4.78 is 0. The van der Waals surface area contributed by atoms with Gasteiger partial charge in [0.25, 0.3) is 0 Å². The lowest BCUT2D eigenvalue weighted by atomic mass is 9.95. The Labute approximate surface area is 89.3 Å². The first kappa shape index (κ1) is 10.2. The fourth-order valence-electron chi connectivity index (χ4n) is 2.02. The molecule has 1 aromatic rings. The Hall–Kier alpha value is -1.35. The van der Waals surface area contributed by atoms with Crippen LogP contribution >= 0.6 is 0 Å². The first-order valence-corrected chi connectivity index (χ1v) is 5.09. The monoisotopic (exact) mass is 205 g/mol. The van der Waals surface area contributed by atoms with E-state index in [-0.39, 0.29) is 11.8 Å². The molecule has 0 aliphatic carbocycles. The van der Waals surface area contributed by atoms with Gasteiger partial charge in [-0.15, -0.1) is 0 Å². The number of likely N-dealkylation sites (tertiary alicyclic amines) is 1. The Morgan fingerprint density at radius 2 is 1.93 bits per heavy atom. The van der Waals surface area contributed by atoms with Crippen molar-refractivity contribution in [1.29, 1.82) is 0 Å². The first-order chi connectivity index (χ1) is 7.09. The van der Waals surface area contributed by atoms with Crippen LogP contribution in [0.25, 0.3) is 0 Å². The number of nitrogens with zero attached hydrogens (tertiary/aromatic N) is 1. The number of hydrogen-bond donors (Lipinski definition) is 1. The van der Waals surface area contributed by atoms with E-state index in [1.54, 1.807) is 11.9 Å². The second-order valence-corrected chi connectivity index (χ2v) is 4.17. The summed E-state index contributed by atoms with van der Waals surface area (Å²) in [7, 11) is 1.72. The van der Waals surface area contributed by atoms with Crippen molar-refractivity contribution in [2.75, 3.05) is 13.6 Å². The van der Waals surface area contributed by atoms with Crippen molar-refractivity contribution in [3.8, 4) is 0 Å². The molecule has 1 aliphatic rings. The smallest absolute Gasteiger partial charge is 0.232 e. The summed E-state index contributed by atoms with van der Waals surface area (Å²) in [4.78, 5) is 13.3. The van der Waals surface area contributed by atoms with E-state index >= 15 is 0 Å². The molecule has 2 atom stereocenters. The minimum absolute atomic E-state index is 0.00588. The molecule has 80 valence electrons. The van der Waals surface area contributed by atoms with Crippen LogP contribution in [0.5, 0.6) is 0 Å². The molecule has 0 aromatic heterocycles. The zero-order chi connectivity index (χ0) is 11.0. The van der Waals surface area contributed by atoms with E-state index in [1.807, 2.05) is 31.2 Å². The summed E-state index contributed by atoms with van der Waals surface area (Å²) in [6.07, 6.45) is -0.579. The molecule has 2 unspecified atom stereocenters. The summed E-state index contributed by atoms with van der Waals surface area (Å²) in [6, 6.07) is 7.77. The average molecular weight is 205 g/mol. The number of likely N-dealkylation sites (N-methyl/N-ethyl adjacent to an activating group) is 1. The van der Waals surface area contributed by atoms with E-state index in [0.717, 1.165) is 11.1 Å². The molecular weight excluding hydrogens is 190 g/mol. The molecule has 1 aliphatic heterocycles. The van der Waals surface area contributed by atoms with Gasteiger partial charge in [-0.1, -0.05) is 29.8 Å². The lowest BCUT2D eigenvalue weighted by Gasteiger charge is -2.12. The van der Waals surface area contributed by atoms with Gasteiger partial charge in [0.05, 0.1) is 12.0 Å². The molecular formula is C12H15NO2. The maximum absolute atomic E-state index is 11.8. The molecule has 1 N–H and O–H groups in total. The van der Waals surface area contributed by atoms with Crippen molar-refractivity contribution in [3.05, 3.63) is 35.4 Å². The highest BCUT2D eigenvalue weighted by Gasteiger charge is 2.38. The maximum Gasteiger partial charge on any atom is 0.232 e. The van der Waals surface area contributed by atoms with Crippen molar-refractivity contribution in [2.45, 2.75) is 18.9 Å². The van der Waals surface area contributed by atoms with Crippen LogP contribution in [0.4, 0.5) is 0 Å². The standard InChI is InChI=1S/C12H15NO2/c1-8-3-5-9(6-4-8)11-10(14)7-13(2)12(11)15/h3-6,10-11,14H,7H2,1-2H3. The Balaban J connectivity index is 2.31. The molecule has 2 rings (SSSR count). The van der Waals surface area contributed by atoms with Gasteiger partial charge >= 0.3 is 0 Å². The highest BCUT2D eigenvalue weighted by molar-refractivity contribution is 5.86. The predicted molar refractivity (Wildman–Crippen MR) is 57.6 cm³/mol. The zero-order valence-electron chi connectivity index (χ0n) is 8.97. The molecule has 1 fully saturated rings. The normalized spacial score (nSPS) is 26.1.